The van der Waals surface area contributed by atoms with E-state index in [-0.39, 0.29) is 0 Å². The molecule has 0 radical (unpaired) electrons. The van der Waals surface area contributed by atoms with Gasteiger partial charge in [-0.3, -0.25) is 5.92 Å². The molecule has 0 saturated heterocycles. The summed E-state index contributed by atoms with van der Waals surface area (Å²) in [4.78, 5) is 1.07. The molecule has 0 fully saturated rings. The maximum Gasteiger partial charge on any atom is 0.0772 e. The van der Waals surface area contributed by atoms with Crippen molar-refractivity contribution in [1.82, 2.24) is 0 Å². The Morgan fingerprint density at radius 1 is 0.609 bits per heavy atom. The van der Waals surface area contributed by atoms with Gasteiger partial charge in [-0.2, -0.15) is 0 Å². The second kappa shape index (κ2) is 7.20. The number of rotatable bonds is 0. The summed E-state index contributed by atoms with van der Waals surface area (Å²) in [5, 5.41) is 2.02. The molecule has 106 valence electrons. The van der Waals surface area contributed by atoms with Crippen molar-refractivity contribution in [2.24, 2.45) is 0 Å². The normalized spacial score (nSPS) is 9.00. The van der Waals surface area contributed by atoms with Gasteiger partial charge in [0.25, 0.3) is 0 Å². The van der Waals surface area contributed by atoms with Gasteiger partial charge in [0.15, 0.2) is 0 Å². The molecule has 0 saturated carbocycles. The van der Waals surface area contributed by atoms with Crippen molar-refractivity contribution in [2.45, 2.75) is 0 Å². The predicted octanol–water partition coefficient (Wildman–Crippen LogP) is 4.49. The quantitative estimate of drug-likeness (QED) is 0.424. The lowest BCUT2D eigenvalue weighted by Gasteiger charge is -1.98. The Hall–Kier alpha value is -3.18. The van der Waals surface area contributed by atoms with E-state index < -0.39 is 0 Å². The molecule has 0 aliphatic heterocycles. The molecule has 2 aromatic carbocycles. The summed E-state index contributed by atoms with van der Waals surface area (Å²) in [5.74, 6) is 14.9. The Kier molecular flexibility index (Phi) is 4.61. The fourth-order valence-corrected chi connectivity index (χ4v) is 2.47. The van der Waals surface area contributed by atoms with Crippen LogP contribution in [0.5, 0.6) is 0 Å². The van der Waals surface area contributed by atoms with Gasteiger partial charge in [0.2, 0.25) is 0 Å². The van der Waals surface area contributed by atoms with Crippen LogP contribution in [0.4, 0.5) is 0 Å². The monoisotopic (exact) mass is 307 g/mol. The SMILES string of the molecule is [C-]#Cc1ccc(C#Cc2ccc(C#Cc3cccs3)cc2)cc1. The molecule has 0 atom stereocenters. The van der Waals surface area contributed by atoms with Crippen LogP contribution in [0.3, 0.4) is 0 Å². The van der Waals surface area contributed by atoms with Crippen LogP contribution in [-0.4, -0.2) is 0 Å². The lowest BCUT2D eigenvalue weighted by molar-refractivity contribution is 1.58. The van der Waals surface area contributed by atoms with Gasteiger partial charge < -0.3 is 6.42 Å². The third kappa shape index (κ3) is 4.15. The van der Waals surface area contributed by atoms with Gasteiger partial charge in [-0.1, -0.05) is 41.9 Å². The Balaban J connectivity index is 1.73. The standard InChI is InChI=1S/C22H11S/c1-2-18-5-7-19(8-6-18)9-10-20-11-13-21(14-12-20)15-16-22-4-3-17-23-22/h3-8,11-14,17H/q-1. The zero-order valence-electron chi connectivity index (χ0n) is 12.3. The third-order valence-electron chi connectivity index (χ3n) is 3.12. The van der Waals surface area contributed by atoms with E-state index in [0.29, 0.717) is 0 Å². The number of hydrogen-bond acceptors (Lipinski definition) is 1. The summed E-state index contributed by atoms with van der Waals surface area (Å²) in [5.41, 5.74) is 3.61. The maximum absolute atomic E-state index is 7.05. The second-order valence-corrected chi connectivity index (χ2v) is 5.70. The first-order valence-corrected chi connectivity index (χ1v) is 7.92. The fraction of sp³-hybridized carbons (Fsp3) is 0. The number of thiophene rings is 1. The first kappa shape index (κ1) is 14.7. The first-order chi connectivity index (χ1) is 11.3. The molecule has 0 N–H and O–H groups in total. The van der Waals surface area contributed by atoms with Crippen molar-refractivity contribution >= 4 is 11.3 Å². The highest BCUT2D eigenvalue weighted by atomic mass is 32.1. The maximum atomic E-state index is 7.05. The zero-order chi connectivity index (χ0) is 15.9. The van der Waals surface area contributed by atoms with Gasteiger partial charge in [0.1, 0.15) is 0 Å². The van der Waals surface area contributed by atoms with Crippen LogP contribution in [0.1, 0.15) is 27.1 Å². The van der Waals surface area contributed by atoms with E-state index in [4.69, 9.17) is 6.42 Å². The van der Waals surface area contributed by atoms with Gasteiger partial charge >= 0.3 is 0 Å². The minimum absolute atomic E-state index is 0.754. The molecule has 23 heavy (non-hydrogen) atoms. The van der Waals surface area contributed by atoms with Gasteiger partial charge in [0.05, 0.1) is 4.88 Å². The highest BCUT2D eigenvalue weighted by Gasteiger charge is 1.90. The summed E-state index contributed by atoms with van der Waals surface area (Å²) in [6.45, 7) is 0. The summed E-state index contributed by atoms with van der Waals surface area (Å²) in [6.07, 6.45) is 7.05. The minimum Gasteiger partial charge on any atom is -0.366 e. The topological polar surface area (TPSA) is 0 Å². The average Bonchev–Trinajstić information content (AvgIpc) is 3.13. The molecular weight excluding hydrogens is 296 g/mol. The molecule has 1 aromatic heterocycles. The number of hydrogen-bond donors (Lipinski definition) is 0. The zero-order valence-corrected chi connectivity index (χ0v) is 13.1. The average molecular weight is 307 g/mol. The smallest absolute Gasteiger partial charge is 0.0772 e. The predicted molar refractivity (Wildman–Crippen MR) is 95.4 cm³/mol. The fourth-order valence-electron chi connectivity index (χ4n) is 1.90. The molecule has 3 rings (SSSR count). The highest BCUT2D eigenvalue weighted by Crippen LogP contribution is 2.08. The van der Waals surface area contributed by atoms with Crippen LogP contribution >= 0.6 is 11.3 Å². The van der Waals surface area contributed by atoms with Gasteiger partial charge in [-0.15, -0.1) is 29.0 Å². The Morgan fingerprint density at radius 3 is 1.52 bits per heavy atom. The van der Waals surface area contributed by atoms with E-state index >= 15 is 0 Å². The van der Waals surface area contributed by atoms with Gasteiger partial charge in [-0.05, 0) is 35.7 Å². The molecule has 1 heterocycles. The highest BCUT2D eigenvalue weighted by molar-refractivity contribution is 7.10. The van der Waals surface area contributed by atoms with E-state index in [9.17, 15) is 0 Å². The minimum atomic E-state index is 0.754. The lowest BCUT2D eigenvalue weighted by atomic mass is 10.1. The molecule has 0 spiro atoms. The van der Waals surface area contributed by atoms with Crippen LogP contribution in [0.2, 0.25) is 0 Å². The summed E-state index contributed by atoms with van der Waals surface area (Å²) >= 11 is 1.64. The van der Waals surface area contributed by atoms with Crippen LogP contribution in [-0.2, 0) is 0 Å². The van der Waals surface area contributed by atoms with Crippen molar-refractivity contribution in [2.75, 3.05) is 0 Å². The largest absolute Gasteiger partial charge is 0.366 e. The van der Waals surface area contributed by atoms with Crippen molar-refractivity contribution in [3.8, 4) is 29.6 Å². The van der Waals surface area contributed by atoms with Crippen LogP contribution < -0.4 is 0 Å². The van der Waals surface area contributed by atoms with Crippen LogP contribution in [0.15, 0.2) is 66.0 Å². The summed E-state index contributed by atoms with van der Waals surface area (Å²) in [6, 6.07) is 19.4. The molecule has 0 bridgehead atoms. The molecule has 1 heteroatoms. The van der Waals surface area contributed by atoms with E-state index in [1.165, 1.54) is 0 Å². The van der Waals surface area contributed by atoms with E-state index in [1.807, 2.05) is 66.0 Å². The van der Waals surface area contributed by atoms with Gasteiger partial charge in [-0.25, -0.2) is 0 Å². The Bertz CT molecular complexity index is 943. The summed E-state index contributed by atoms with van der Waals surface area (Å²) in [7, 11) is 0. The molecule has 0 unspecified atom stereocenters. The first-order valence-electron chi connectivity index (χ1n) is 7.04. The molecule has 0 aliphatic rings. The second-order valence-electron chi connectivity index (χ2n) is 4.76. The molecular formula is C22H11S-. The molecule has 0 amide bonds. The van der Waals surface area contributed by atoms with E-state index in [1.54, 1.807) is 11.3 Å². The Labute approximate surface area is 140 Å². The van der Waals surface area contributed by atoms with Crippen molar-refractivity contribution in [3.63, 3.8) is 0 Å². The number of benzene rings is 2. The van der Waals surface area contributed by atoms with Crippen molar-refractivity contribution < 1.29 is 0 Å². The van der Waals surface area contributed by atoms with Crippen LogP contribution in [0, 0.1) is 36.0 Å². The Morgan fingerprint density at radius 2 is 1.09 bits per heavy atom. The third-order valence-corrected chi connectivity index (χ3v) is 3.90. The van der Waals surface area contributed by atoms with E-state index in [2.05, 4.69) is 29.6 Å². The van der Waals surface area contributed by atoms with E-state index in [0.717, 1.165) is 27.1 Å². The van der Waals surface area contributed by atoms with Crippen molar-refractivity contribution in [1.29, 1.82) is 0 Å². The van der Waals surface area contributed by atoms with Gasteiger partial charge in [0, 0.05) is 16.7 Å². The lowest BCUT2D eigenvalue weighted by Crippen LogP contribution is -1.79. The molecule has 3 aromatic rings. The summed E-state index contributed by atoms with van der Waals surface area (Å²) < 4.78 is 0. The molecule has 0 aliphatic carbocycles. The molecule has 0 nitrogen and oxygen atoms in total. The van der Waals surface area contributed by atoms with Crippen molar-refractivity contribution in [3.05, 3.63) is 99.6 Å². The van der Waals surface area contributed by atoms with Crippen LogP contribution in [0.25, 0.3) is 0 Å².